The Morgan fingerprint density at radius 1 is 0.205 bits per heavy atom. The standard InChI is InChI=1S/C47H44O2.C46H42O2.C45H44O2Si2/c1-9-31-25-27-33(30(4)43(31)35-17-15-21-39-45(35)49-41-23-13-11-19-37(41)47(39,7)8)32-26-24-28(2)42(29(32)3)34-16-14-20-38-44(34)48-40-22-12-10-18-36(40)46(38,5)6;1-27-25-35(29(3)23-33(27)31-15-13-19-39-43(31)47-41-21-11-9-17-37(41)45(39,5)6)36-26-28(2)34(24-30(36)4)32-16-14-20-40-44(32)48-42-22-12-10-18-38(42)46(40,7)8;1-9-31-25-27-33(30(4)43(31)35-17-15-23-41-45(35)47-37-19-11-13-21-39(37)49(41,7)8)32-26-24-28(2)42(29(32)3)34-16-14-22-40-44(34)46-36-18-10-12-20-38(36)48(40,5)6/h10-27H,9H2,1-8H3;9-26H,1-8H3;10-27H,9H2,1-8H3/i2D3,3D3,4D3,9D2;1D3,2D3,3D3,4D3;2D3,3D3,4D3,9D2. The van der Waals surface area contributed by atoms with Crippen LogP contribution >= 0.6 is 0 Å². The zero-order valence-corrected chi connectivity index (χ0v) is 85.6. The van der Waals surface area contributed by atoms with Crippen LogP contribution in [-0.4, -0.2) is 16.1 Å². The third-order valence-electron chi connectivity index (χ3n) is 31.0. The highest BCUT2D eigenvalue weighted by Gasteiger charge is 2.45. The van der Waals surface area contributed by atoms with Gasteiger partial charge in [-0.2, -0.15) is 0 Å². The minimum absolute atomic E-state index is 0.00747. The first-order valence-electron chi connectivity index (χ1n) is 66.1. The Bertz CT molecular complexity index is 9000. The predicted octanol–water partition coefficient (Wildman–Crippen LogP) is 35.9. The number of fused-ring (bicyclic) bond motifs is 12. The Balaban J connectivity index is 0.000000146. The first-order valence-corrected chi connectivity index (χ1v) is 55.1. The Hall–Kier alpha value is -14.8. The van der Waals surface area contributed by atoms with Crippen LogP contribution in [0.25, 0.3) is 100 Å². The topological polar surface area (TPSA) is 55.4 Å². The van der Waals surface area contributed by atoms with Gasteiger partial charge in [0.05, 0.1) is 0 Å². The molecule has 6 nitrogen and oxygen atoms in total. The number of hydrogen-bond acceptors (Lipinski definition) is 6. The fourth-order valence-corrected chi connectivity index (χ4v) is 28.6. The lowest BCUT2D eigenvalue weighted by molar-refractivity contribution is 0.419. The summed E-state index contributed by atoms with van der Waals surface area (Å²) in [7, 11) is -4.92. The summed E-state index contributed by atoms with van der Waals surface area (Å²) in [5.41, 5.74) is 2.93. The van der Waals surface area contributed by atoms with Crippen molar-refractivity contribution in [2.75, 3.05) is 0 Å². The van der Waals surface area contributed by atoms with Crippen molar-refractivity contribution in [1.82, 2.24) is 0 Å². The number of benzene rings is 18. The highest BCUT2D eigenvalue weighted by atomic mass is 28.3. The highest BCUT2D eigenvalue weighted by molar-refractivity contribution is 7.02. The van der Waals surface area contributed by atoms with Gasteiger partial charge in [0.1, 0.15) is 85.1 Å². The SMILES string of the molecule is [2H]C([2H])([2H])c1cc(-c2cccc3c2Oc2ccccc2C3(C)C)c(C([2H])([2H])[2H])cc1-c1cc(C([2H])([2H])[2H])c(-c2cccc3c2Oc2ccccc2C3(C)C)cc1C([2H])([2H])[2H].[2H]C([2H])([2H])c1ccc(-c2ccc(C([2H])([2H])C)c(-c3cccc4c3Oc3ccccc3C4(C)C)c2C([2H])([2H])[2H])c(C([2H])([2H])[2H])c1-c1cccc2c1Oc1ccccc1C2(C)C.[2H]C([2H])([2H])c1ccc(-c2ccc(C([2H])([2H])C)c(-c3cccc4c3Oc3ccccc3[Si]4(C)C)c2C([2H])([2H])[2H])c(C([2H])([2H])[2H])c1-c1cccc2c1Oc1ccccc1[Si]2(C)C. The first kappa shape index (κ1) is 64.1. The molecule has 0 bridgehead atoms. The van der Waals surface area contributed by atoms with Crippen molar-refractivity contribution < 1.29 is 75.0 Å². The fourth-order valence-electron chi connectivity index (χ4n) is 22.9. The van der Waals surface area contributed by atoms with Gasteiger partial charge in [-0.1, -0.05) is 387 Å². The number of para-hydroxylation sites is 12. The van der Waals surface area contributed by atoms with Gasteiger partial charge in [0.15, 0.2) is 0 Å². The quantitative estimate of drug-likeness (QED) is 0.120. The number of aryl methyl sites for hydroxylation is 8. The molecule has 18 aromatic carbocycles. The molecule has 146 heavy (non-hydrogen) atoms. The van der Waals surface area contributed by atoms with Gasteiger partial charge in [-0.3, -0.25) is 0 Å². The molecule has 0 radical (unpaired) electrons. The molecule has 6 heterocycles. The van der Waals surface area contributed by atoms with E-state index in [-0.39, 0.29) is 145 Å². The minimum atomic E-state index is -3.00. The lowest BCUT2D eigenvalue weighted by Gasteiger charge is -2.36. The number of ether oxygens (including phenoxy) is 6. The summed E-state index contributed by atoms with van der Waals surface area (Å²) < 4.78 is 342. The van der Waals surface area contributed by atoms with E-state index in [2.05, 4.69) is 26.2 Å². The zero-order valence-electron chi connectivity index (χ0n) is 118. The van der Waals surface area contributed by atoms with E-state index >= 15 is 0 Å². The second kappa shape index (κ2) is 36.1. The molecule has 8 heteroatoms. The Kier molecular flexibility index (Phi) is 15.9. The van der Waals surface area contributed by atoms with Crippen LogP contribution in [0.4, 0.5) is 0 Å². The molecule has 0 fully saturated rings. The van der Waals surface area contributed by atoms with Gasteiger partial charge in [0.2, 0.25) is 0 Å². The Morgan fingerprint density at radius 2 is 0.438 bits per heavy atom. The molecule has 0 unspecified atom stereocenters. The van der Waals surface area contributed by atoms with Crippen LogP contribution in [0, 0.1) is 68.5 Å². The summed E-state index contributed by atoms with van der Waals surface area (Å²) in [5.74, 6) is 5.70. The van der Waals surface area contributed by atoms with Gasteiger partial charge in [0.25, 0.3) is 0 Å². The molecule has 0 saturated carbocycles. The fraction of sp³-hybridized carbons (Fsp3) is 0.217. The van der Waals surface area contributed by atoms with Gasteiger partial charge in [-0.05, 0) is 272 Å². The smallest absolute Gasteiger partial charge is 0.139 e. The molecule has 18 aromatic rings. The van der Waals surface area contributed by atoms with Gasteiger partial charge in [0, 0.05) is 146 Å². The molecule has 6 aliphatic heterocycles. The van der Waals surface area contributed by atoms with Gasteiger partial charge < -0.3 is 28.4 Å². The molecule has 0 aliphatic carbocycles. The van der Waals surface area contributed by atoms with Crippen molar-refractivity contribution in [3.8, 4) is 169 Å². The van der Waals surface area contributed by atoms with E-state index in [0.29, 0.717) is 91.2 Å². The van der Waals surface area contributed by atoms with Crippen molar-refractivity contribution in [3.05, 3.63) is 439 Å². The molecule has 24 rings (SSSR count). The molecule has 0 aromatic heterocycles. The minimum Gasteiger partial charge on any atom is -0.457 e. The summed E-state index contributed by atoms with van der Waals surface area (Å²) in [6.07, 6.45) is -4.14. The van der Waals surface area contributed by atoms with Crippen LogP contribution in [0.5, 0.6) is 69.0 Å². The normalized spacial score (nSPS) is 19.4. The van der Waals surface area contributed by atoms with Crippen LogP contribution in [0.2, 0.25) is 26.2 Å². The third-order valence-corrected chi connectivity index (χ3v) is 38.0. The monoisotopic (exact) mass is 1970 g/mol. The van der Waals surface area contributed by atoms with Gasteiger partial charge in [-0.15, -0.1) is 0 Å². The van der Waals surface area contributed by atoms with Gasteiger partial charge in [-0.25, -0.2) is 0 Å². The van der Waals surface area contributed by atoms with Crippen molar-refractivity contribution in [1.29, 1.82) is 0 Å². The summed E-state index contributed by atoms with van der Waals surface area (Å²) in [5, 5.41) is 3.87. The molecule has 0 spiro atoms. The highest BCUT2D eigenvalue weighted by Crippen LogP contribution is 2.60. The van der Waals surface area contributed by atoms with Crippen LogP contribution in [0.1, 0.15) is 227 Å². The average molecular weight is 1970 g/mol. The molecule has 0 atom stereocenters. The van der Waals surface area contributed by atoms with E-state index in [9.17, 15) is 0 Å². The summed E-state index contributed by atoms with van der Waals surface area (Å²) in [4.78, 5) is 0. The molecule has 0 N–H and O–H groups in total. The summed E-state index contributed by atoms with van der Waals surface area (Å²) in [6, 6.07) is 94.0. The molecule has 0 amide bonds. The second-order valence-corrected chi connectivity index (χ2v) is 50.1. The van der Waals surface area contributed by atoms with E-state index in [1.54, 1.807) is 66.7 Å². The van der Waals surface area contributed by atoms with Crippen LogP contribution in [0.15, 0.2) is 328 Å². The maximum absolute atomic E-state index is 9.15. The van der Waals surface area contributed by atoms with E-state index in [4.69, 9.17) is 75.0 Å². The van der Waals surface area contributed by atoms with E-state index in [1.165, 1.54) is 86.6 Å². The predicted molar refractivity (Wildman–Crippen MR) is 615 cm³/mol. The number of rotatable bonds is 11. The number of hydrogen-bond donors (Lipinski definition) is 0. The average Bonchev–Trinajstić information content (AvgIpc) is 0.703. The summed E-state index contributed by atoms with van der Waals surface area (Å²) in [6.45, 7) is -1.37. The van der Waals surface area contributed by atoms with Crippen molar-refractivity contribution in [2.24, 2.45) is 0 Å². The molecular weight excluding hydrogens is 1810 g/mol. The maximum atomic E-state index is 9.15. The Morgan fingerprint density at radius 3 is 0.753 bits per heavy atom. The Labute approximate surface area is 914 Å². The van der Waals surface area contributed by atoms with Crippen molar-refractivity contribution >= 4 is 36.9 Å². The first-order chi connectivity index (χ1) is 83.5. The molecular formula is C138H130O6Si2. The lowest BCUT2D eigenvalue weighted by atomic mass is 9.74. The van der Waals surface area contributed by atoms with Crippen LogP contribution in [0.3, 0.4) is 0 Å². The molecule has 6 aliphatic rings. The maximum Gasteiger partial charge on any atom is 0.139 e. The lowest BCUT2D eigenvalue weighted by Crippen LogP contribution is -2.56. The third kappa shape index (κ3) is 15.4. The molecule has 0 saturated heterocycles. The van der Waals surface area contributed by atoms with Crippen LogP contribution < -0.4 is 49.2 Å². The van der Waals surface area contributed by atoms with E-state index in [0.717, 1.165) is 65.3 Å². The summed E-state index contributed by atoms with van der Waals surface area (Å²) >= 11 is 0. The van der Waals surface area contributed by atoms with Crippen molar-refractivity contribution in [3.63, 3.8) is 0 Å². The second-order valence-electron chi connectivity index (χ2n) is 41.5. The zero-order chi connectivity index (χ0) is 131. The van der Waals surface area contributed by atoms with E-state index in [1.807, 2.05) is 243 Å². The largest absolute Gasteiger partial charge is 0.457 e. The van der Waals surface area contributed by atoms with E-state index < -0.39 is 119 Å². The van der Waals surface area contributed by atoms with Crippen LogP contribution in [-0.2, 0) is 34.4 Å². The van der Waals surface area contributed by atoms with Gasteiger partial charge >= 0.3 is 0 Å². The molecule has 726 valence electrons. The van der Waals surface area contributed by atoms with Crippen molar-refractivity contribution in [2.45, 2.75) is 198 Å².